The first-order valence-electron chi connectivity index (χ1n) is 8.41. The Morgan fingerprint density at radius 1 is 1.29 bits per heavy atom. The average molecular weight is 308 g/mol. The van der Waals surface area contributed by atoms with Crippen molar-refractivity contribution in [3.05, 3.63) is 29.8 Å². The smallest absolute Gasteiger partial charge is 0.119 e. The molecule has 0 spiro atoms. The van der Waals surface area contributed by atoms with Crippen molar-refractivity contribution in [2.24, 2.45) is 0 Å². The molecule has 1 aromatic rings. The van der Waals surface area contributed by atoms with Crippen LogP contribution in [0.3, 0.4) is 0 Å². The van der Waals surface area contributed by atoms with Gasteiger partial charge in [0.1, 0.15) is 5.75 Å². The maximum atomic E-state index is 5.64. The third-order valence-corrected chi connectivity index (χ3v) is 5.48. The van der Waals surface area contributed by atoms with Gasteiger partial charge in [-0.3, -0.25) is 0 Å². The van der Waals surface area contributed by atoms with Gasteiger partial charge in [-0.2, -0.15) is 11.8 Å². The predicted molar refractivity (Wildman–Crippen MR) is 93.4 cm³/mol. The summed E-state index contributed by atoms with van der Waals surface area (Å²) in [6.45, 7) is 6.07. The Morgan fingerprint density at radius 3 is 2.81 bits per heavy atom. The minimum atomic E-state index is 0.441. The normalized spacial score (nSPS) is 17.0. The molecule has 0 aliphatic heterocycles. The number of hydrogen-bond donors (Lipinski definition) is 1. The van der Waals surface area contributed by atoms with Crippen molar-refractivity contribution in [2.75, 3.05) is 18.9 Å². The second-order valence-corrected chi connectivity index (χ2v) is 7.09. The second-order valence-electron chi connectivity index (χ2n) is 5.75. The first-order chi connectivity index (χ1) is 10.3. The number of rotatable bonds is 9. The van der Waals surface area contributed by atoms with Gasteiger partial charge < -0.3 is 10.1 Å². The zero-order chi connectivity index (χ0) is 14.9. The molecule has 0 aromatic heterocycles. The molecular formula is C18H29NOS. The maximum absolute atomic E-state index is 5.64. The summed E-state index contributed by atoms with van der Waals surface area (Å²) in [4.78, 5) is 0. The van der Waals surface area contributed by atoms with Crippen LogP contribution < -0.4 is 10.1 Å². The minimum Gasteiger partial charge on any atom is -0.494 e. The van der Waals surface area contributed by atoms with E-state index in [2.05, 4.69) is 42.2 Å². The first kappa shape index (κ1) is 16.7. The Bertz CT molecular complexity index is 404. The summed E-state index contributed by atoms with van der Waals surface area (Å²) < 4.78 is 5.64. The van der Waals surface area contributed by atoms with Crippen LogP contribution in [-0.4, -0.2) is 24.2 Å². The minimum absolute atomic E-state index is 0.441. The zero-order valence-corrected chi connectivity index (χ0v) is 14.3. The largest absolute Gasteiger partial charge is 0.494 e. The van der Waals surface area contributed by atoms with E-state index in [0.717, 1.165) is 24.2 Å². The van der Waals surface area contributed by atoms with E-state index >= 15 is 0 Å². The fraction of sp³-hybridized carbons (Fsp3) is 0.667. The Morgan fingerprint density at radius 2 is 2.10 bits per heavy atom. The van der Waals surface area contributed by atoms with Crippen LogP contribution in [0.5, 0.6) is 5.75 Å². The van der Waals surface area contributed by atoms with Crippen LogP contribution in [0.15, 0.2) is 24.3 Å². The molecule has 3 heteroatoms. The highest BCUT2D eigenvalue weighted by Gasteiger charge is 2.18. The highest BCUT2D eigenvalue weighted by molar-refractivity contribution is 7.99. The zero-order valence-electron chi connectivity index (χ0n) is 13.4. The standard InChI is InChI=1S/C18H29NOS/c1-3-12-19-18(14-21-17-10-5-6-11-17)15-8-7-9-16(13-15)20-4-2/h7-9,13,17-19H,3-6,10-12,14H2,1-2H3. The fourth-order valence-electron chi connectivity index (χ4n) is 2.87. The van der Waals surface area contributed by atoms with Crippen molar-refractivity contribution in [3.8, 4) is 5.75 Å². The molecule has 1 saturated carbocycles. The van der Waals surface area contributed by atoms with E-state index < -0.39 is 0 Å². The molecule has 0 radical (unpaired) electrons. The molecule has 0 saturated heterocycles. The van der Waals surface area contributed by atoms with Crippen LogP contribution in [0.4, 0.5) is 0 Å². The number of nitrogens with one attached hydrogen (secondary N) is 1. The molecule has 2 rings (SSSR count). The van der Waals surface area contributed by atoms with Gasteiger partial charge in [0, 0.05) is 17.0 Å². The summed E-state index contributed by atoms with van der Waals surface area (Å²) in [5.74, 6) is 2.16. The lowest BCUT2D eigenvalue weighted by Crippen LogP contribution is -2.24. The molecule has 1 aliphatic rings. The topological polar surface area (TPSA) is 21.3 Å². The number of thioether (sulfide) groups is 1. The highest BCUT2D eigenvalue weighted by atomic mass is 32.2. The SMILES string of the molecule is CCCNC(CSC1CCCC1)c1cccc(OCC)c1. The maximum Gasteiger partial charge on any atom is 0.119 e. The summed E-state index contributed by atoms with van der Waals surface area (Å²) in [5.41, 5.74) is 1.36. The average Bonchev–Trinajstić information content (AvgIpc) is 3.01. The van der Waals surface area contributed by atoms with Crippen LogP contribution in [0.25, 0.3) is 0 Å². The van der Waals surface area contributed by atoms with Crippen LogP contribution in [0.2, 0.25) is 0 Å². The Balaban J connectivity index is 1.97. The second kappa shape index (κ2) is 9.37. The van der Waals surface area contributed by atoms with E-state index in [1.165, 1.54) is 43.4 Å². The van der Waals surface area contributed by atoms with Crippen LogP contribution in [0, 0.1) is 0 Å². The summed E-state index contributed by atoms with van der Waals surface area (Å²) in [5, 5.41) is 4.58. The molecule has 1 fully saturated rings. The van der Waals surface area contributed by atoms with Crippen LogP contribution >= 0.6 is 11.8 Å². The van der Waals surface area contributed by atoms with Crippen molar-refractivity contribution in [1.29, 1.82) is 0 Å². The molecule has 1 N–H and O–H groups in total. The van der Waals surface area contributed by atoms with E-state index in [0.29, 0.717) is 6.04 Å². The molecule has 1 atom stereocenters. The van der Waals surface area contributed by atoms with Crippen LogP contribution in [0.1, 0.15) is 57.6 Å². The van der Waals surface area contributed by atoms with Crippen LogP contribution in [-0.2, 0) is 0 Å². The fourth-order valence-corrected chi connectivity index (χ4v) is 4.31. The van der Waals surface area contributed by atoms with Gasteiger partial charge in [-0.15, -0.1) is 0 Å². The summed E-state index contributed by atoms with van der Waals surface area (Å²) >= 11 is 2.15. The van der Waals surface area contributed by atoms with Crippen molar-refractivity contribution < 1.29 is 4.74 Å². The summed E-state index contributed by atoms with van der Waals surface area (Å²) in [6.07, 6.45) is 6.83. The Kier molecular flexibility index (Phi) is 7.45. The molecule has 2 nitrogen and oxygen atoms in total. The quantitative estimate of drug-likeness (QED) is 0.708. The highest BCUT2D eigenvalue weighted by Crippen LogP contribution is 2.32. The van der Waals surface area contributed by atoms with Crippen molar-refractivity contribution in [3.63, 3.8) is 0 Å². The van der Waals surface area contributed by atoms with E-state index in [1.807, 2.05) is 13.0 Å². The van der Waals surface area contributed by atoms with Crippen molar-refractivity contribution >= 4 is 11.8 Å². The number of hydrogen-bond acceptors (Lipinski definition) is 3. The Hall–Kier alpha value is -0.670. The molecule has 1 aliphatic carbocycles. The van der Waals surface area contributed by atoms with E-state index in [9.17, 15) is 0 Å². The van der Waals surface area contributed by atoms with Gasteiger partial charge >= 0.3 is 0 Å². The van der Waals surface area contributed by atoms with E-state index in [4.69, 9.17) is 4.74 Å². The number of ether oxygens (including phenoxy) is 1. The van der Waals surface area contributed by atoms with Gasteiger partial charge in [0.05, 0.1) is 6.61 Å². The molecule has 118 valence electrons. The first-order valence-corrected chi connectivity index (χ1v) is 9.46. The van der Waals surface area contributed by atoms with Gasteiger partial charge in [0.25, 0.3) is 0 Å². The van der Waals surface area contributed by atoms with Gasteiger partial charge in [0.2, 0.25) is 0 Å². The molecular weight excluding hydrogens is 278 g/mol. The lowest BCUT2D eigenvalue weighted by atomic mass is 10.1. The van der Waals surface area contributed by atoms with Crippen molar-refractivity contribution in [1.82, 2.24) is 5.32 Å². The van der Waals surface area contributed by atoms with Gasteiger partial charge in [-0.05, 0) is 50.4 Å². The lowest BCUT2D eigenvalue weighted by Gasteiger charge is -2.21. The van der Waals surface area contributed by atoms with Gasteiger partial charge in [-0.1, -0.05) is 31.9 Å². The number of benzene rings is 1. The monoisotopic (exact) mass is 307 g/mol. The lowest BCUT2D eigenvalue weighted by molar-refractivity contribution is 0.339. The Labute approximate surface area is 134 Å². The van der Waals surface area contributed by atoms with E-state index in [-0.39, 0.29) is 0 Å². The molecule has 0 bridgehead atoms. The molecule has 0 amide bonds. The van der Waals surface area contributed by atoms with Gasteiger partial charge in [0.15, 0.2) is 0 Å². The van der Waals surface area contributed by atoms with E-state index in [1.54, 1.807) is 0 Å². The third kappa shape index (κ3) is 5.55. The summed E-state index contributed by atoms with van der Waals surface area (Å²) in [7, 11) is 0. The summed E-state index contributed by atoms with van der Waals surface area (Å²) in [6, 6.07) is 9.03. The molecule has 0 heterocycles. The van der Waals surface area contributed by atoms with Gasteiger partial charge in [-0.25, -0.2) is 0 Å². The molecule has 1 unspecified atom stereocenters. The molecule has 21 heavy (non-hydrogen) atoms. The van der Waals surface area contributed by atoms with Crippen molar-refractivity contribution in [2.45, 2.75) is 57.2 Å². The third-order valence-electron chi connectivity index (χ3n) is 4.01. The predicted octanol–water partition coefficient (Wildman–Crippen LogP) is 4.80. The molecule has 1 aromatic carbocycles.